The minimum absolute atomic E-state index is 0.0755. The van der Waals surface area contributed by atoms with Crippen LogP contribution in [0.15, 0.2) is 35.5 Å². The molecular formula is C14H20N4O2S. The number of nitrogens with one attached hydrogen (secondary N) is 1. The van der Waals surface area contributed by atoms with Crippen LogP contribution in [0.3, 0.4) is 0 Å². The van der Waals surface area contributed by atoms with Crippen LogP contribution in [0.2, 0.25) is 0 Å². The predicted octanol–water partition coefficient (Wildman–Crippen LogP) is 1.11. The standard InChI is InChI=1S/C14H20N4O2S/c1-4-15-13(9-14-16-10-17-18(14)2)11-5-7-12(8-6-11)21(3,19)20/h5-8,10,13,15H,4,9H2,1-3H3. The second kappa shape index (κ2) is 6.36. The third-order valence-electron chi connectivity index (χ3n) is 3.35. The molecule has 0 aliphatic heterocycles. The highest BCUT2D eigenvalue weighted by Crippen LogP contribution is 2.19. The number of hydrogen-bond donors (Lipinski definition) is 1. The Kier molecular flexibility index (Phi) is 4.74. The van der Waals surface area contributed by atoms with E-state index in [1.807, 2.05) is 26.1 Å². The molecule has 1 atom stereocenters. The van der Waals surface area contributed by atoms with Gasteiger partial charge in [-0.3, -0.25) is 4.68 Å². The number of benzene rings is 1. The molecule has 0 fully saturated rings. The maximum Gasteiger partial charge on any atom is 0.175 e. The average molecular weight is 308 g/mol. The summed E-state index contributed by atoms with van der Waals surface area (Å²) >= 11 is 0. The molecule has 0 bridgehead atoms. The molecule has 114 valence electrons. The summed E-state index contributed by atoms with van der Waals surface area (Å²) in [4.78, 5) is 4.57. The number of likely N-dealkylation sites (N-methyl/N-ethyl adjacent to an activating group) is 1. The van der Waals surface area contributed by atoms with Gasteiger partial charge in [0.05, 0.1) is 4.90 Å². The number of nitrogens with zero attached hydrogens (tertiary/aromatic N) is 3. The van der Waals surface area contributed by atoms with Crippen molar-refractivity contribution in [3.05, 3.63) is 42.0 Å². The lowest BCUT2D eigenvalue weighted by molar-refractivity contribution is 0.522. The van der Waals surface area contributed by atoms with Crippen molar-refractivity contribution in [3.63, 3.8) is 0 Å². The van der Waals surface area contributed by atoms with E-state index in [2.05, 4.69) is 15.4 Å². The number of aromatic nitrogens is 3. The van der Waals surface area contributed by atoms with Gasteiger partial charge in [0.15, 0.2) is 9.84 Å². The summed E-state index contributed by atoms with van der Waals surface area (Å²) in [6.07, 6.45) is 3.44. The second-order valence-corrected chi connectivity index (χ2v) is 6.97. The molecule has 0 saturated heterocycles. The highest BCUT2D eigenvalue weighted by molar-refractivity contribution is 7.90. The van der Waals surface area contributed by atoms with Gasteiger partial charge in [-0.1, -0.05) is 19.1 Å². The fraction of sp³-hybridized carbons (Fsp3) is 0.429. The van der Waals surface area contributed by atoms with Gasteiger partial charge in [-0.05, 0) is 24.2 Å². The van der Waals surface area contributed by atoms with Gasteiger partial charge in [0, 0.05) is 25.8 Å². The Morgan fingerprint density at radius 1 is 1.29 bits per heavy atom. The van der Waals surface area contributed by atoms with Gasteiger partial charge in [-0.25, -0.2) is 13.4 Å². The Hall–Kier alpha value is -1.73. The molecule has 21 heavy (non-hydrogen) atoms. The number of sulfone groups is 1. The first-order chi connectivity index (χ1) is 9.91. The molecule has 2 aromatic rings. The van der Waals surface area contributed by atoms with Gasteiger partial charge in [0.2, 0.25) is 0 Å². The van der Waals surface area contributed by atoms with Crippen molar-refractivity contribution in [1.82, 2.24) is 20.1 Å². The molecule has 1 aromatic carbocycles. The van der Waals surface area contributed by atoms with Gasteiger partial charge in [0.25, 0.3) is 0 Å². The molecular weight excluding hydrogens is 288 g/mol. The SMILES string of the molecule is CCNC(Cc1ncnn1C)c1ccc(S(C)(=O)=O)cc1. The van der Waals surface area contributed by atoms with Crippen molar-refractivity contribution >= 4 is 9.84 Å². The van der Waals surface area contributed by atoms with E-state index in [-0.39, 0.29) is 6.04 Å². The number of rotatable bonds is 6. The molecule has 1 aromatic heterocycles. The lowest BCUT2D eigenvalue weighted by Crippen LogP contribution is -2.24. The molecule has 0 spiro atoms. The molecule has 7 heteroatoms. The smallest absolute Gasteiger partial charge is 0.175 e. The molecule has 1 heterocycles. The van der Waals surface area contributed by atoms with Crippen LogP contribution in [0, 0.1) is 0 Å². The molecule has 0 saturated carbocycles. The number of hydrogen-bond acceptors (Lipinski definition) is 5. The molecule has 2 rings (SSSR count). The molecule has 1 unspecified atom stereocenters. The lowest BCUT2D eigenvalue weighted by Gasteiger charge is -2.18. The summed E-state index contributed by atoms with van der Waals surface area (Å²) in [6.45, 7) is 2.85. The molecule has 0 aliphatic carbocycles. The topological polar surface area (TPSA) is 76.9 Å². The van der Waals surface area contributed by atoms with E-state index < -0.39 is 9.84 Å². The van der Waals surface area contributed by atoms with Crippen molar-refractivity contribution in [3.8, 4) is 0 Å². The first kappa shape index (κ1) is 15.7. The fourth-order valence-corrected chi connectivity index (χ4v) is 2.82. The number of aryl methyl sites for hydroxylation is 1. The third-order valence-corrected chi connectivity index (χ3v) is 4.48. The predicted molar refractivity (Wildman–Crippen MR) is 80.7 cm³/mol. The summed E-state index contributed by atoms with van der Waals surface area (Å²) in [5, 5.41) is 7.46. The zero-order valence-electron chi connectivity index (χ0n) is 12.4. The summed E-state index contributed by atoms with van der Waals surface area (Å²) in [6, 6.07) is 7.06. The highest BCUT2D eigenvalue weighted by atomic mass is 32.2. The Bertz CT molecular complexity index is 692. The minimum Gasteiger partial charge on any atom is -0.310 e. The second-order valence-electron chi connectivity index (χ2n) is 4.96. The first-order valence-electron chi connectivity index (χ1n) is 6.78. The quantitative estimate of drug-likeness (QED) is 0.865. The Morgan fingerprint density at radius 2 is 1.95 bits per heavy atom. The van der Waals surface area contributed by atoms with E-state index in [1.54, 1.807) is 16.8 Å². The summed E-state index contributed by atoms with van der Waals surface area (Å²) < 4.78 is 24.8. The third kappa shape index (κ3) is 3.89. The largest absolute Gasteiger partial charge is 0.310 e. The van der Waals surface area contributed by atoms with E-state index in [0.29, 0.717) is 11.3 Å². The zero-order chi connectivity index (χ0) is 15.5. The maximum atomic E-state index is 11.5. The van der Waals surface area contributed by atoms with E-state index in [4.69, 9.17) is 0 Å². The van der Waals surface area contributed by atoms with Crippen LogP contribution in [-0.2, 0) is 23.3 Å². The highest BCUT2D eigenvalue weighted by Gasteiger charge is 2.15. The van der Waals surface area contributed by atoms with Gasteiger partial charge in [-0.15, -0.1) is 0 Å². The summed E-state index contributed by atoms with van der Waals surface area (Å²) in [7, 11) is -1.30. The van der Waals surface area contributed by atoms with Crippen LogP contribution in [0.4, 0.5) is 0 Å². The molecule has 1 N–H and O–H groups in total. The van der Waals surface area contributed by atoms with Gasteiger partial charge in [0.1, 0.15) is 12.2 Å². The van der Waals surface area contributed by atoms with Crippen molar-refractivity contribution in [2.75, 3.05) is 12.8 Å². The van der Waals surface area contributed by atoms with Crippen molar-refractivity contribution in [2.24, 2.45) is 7.05 Å². The van der Waals surface area contributed by atoms with Crippen LogP contribution >= 0.6 is 0 Å². The van der Waals surface area contributed by atoms with Gasteiger partial charge >= 0.3 is 0 Å². The van der Waals surface area contributed by atoms with Crippen LogP contribution in [0.1, 0.15) is 24.4 Å². The van der Waals surface area contributed by atoms with Crippen molar-refractivity contribution in [2.45, 2.75) is 24.3 Å². The van der Waals surface area contributed by atoms with E-state index in [0.717, 1.165) is 17.9 Å². The monoisotopic (exact) mass is 308 g/mol. The Balaban J connectivity index is 2.24. The summed E-state index contributed by atoms with van der Waals surface area (Å²) in [5.74, 6) is 0.883. The van der Waals surface area contributed by atoms with Crippen molar-refractivity contribution in [1.29, 1.82) is 0 Å². The molecule has 0 amide bonds. The lowest BCUT2D eigenvalue weighted by atomic mass is 10.0. The van der Waals surface area contributed by atoms with Crippen LogP contribution < -0.4 is 5.32 Å². The Labute approximate surface area is 125 Å². The minimum atomic E-state index is -3.16. The molecule has 0 aliphatic rings. The first-order valence-corrected chi connectivity index (χ1v) is 8.67. The van der Waals surface area contributed by atoms with Gasteiger partial charge < -0.3 is 5.32 Å². The van der Waals surface area contributed by atoms with Crippen molar-refractivity contribution < 1.29 is 8.42 Å². The molecule has 6 nitrogen and oxygen atoms in total. The van der Waals surface area contributed by atoms with E-state index in [1.165, 1.54) is 12.6 Å². The summed E-state index contributed by atoms with van der Waals surface area (Å²) in [5.41, 5.74) is 1.03. The average Bonchev–Trinajstić information content (AvgIpc) is 2.83. The van der Waals surface area contributed by atoms with Crippen LogP contribution in [0.25, 0.3) is 0 Å². The van der Waals surface area contributed by atoms with E-state index >= 15 is 0 Å². The zero-order valence-corrected chi connectivity index (χ0v) is 13.3. The fourth-order valence-electron chi connectivity index (χ4n) is 2.19. The van der Waals surface area contributed by atoms with Crippen LogP contribution in [-0.4, -0.2) is 36.0 Å². The van der Waals surface area contributed by atoms with E-state index in [9.17, 15) is 8.42 Å². The van der Waals surface area contributed by atoms with Gasteiger partial charge in [-0.2, -0.15) is 5.10 Å². The van der Waals surface area contributed by atoms with Crippen LogP contribution in [0.5, 0.6) is 0 Å². The maximum absolute atomic E-state index is 11.5. The Morgan fingerprint density at radius 3 is 2.43 bits per heavy atom. The molecule has 0 radical (unpaired) electrons. The normalized spacial score (nSPS) is 13.3.